The highest BCUT2D eigenvalue weighted by atomic mass is 19.4. The number of rotatable bonds is 2. The predicted octanol–water partition coefficient (Wildman–Crippen LogP) is 4.61. The fourth-order valence-electron chi connectivity index (χ4n) is 1.92. The molecule has 0 aliphatic rings. The molecule has 2 aromatic rings. The smallest absolute Gasteiger partial charge is 0.250 e. The van der Waals surface area contributed by atoms with Gasteiger partial charge < -0.3 is 0 Å². The van der Waals surface area contributed by atoms with Crippen LogP contribution < -0.4 is 0 Å². The van der Waals surface area contributed by atoms with Crippen LogP contribution in [0.3, 0.4) is 0 Å². The van der Waals surface area contributed by atoms with E-state index in [0.717, 1.165) is 19.4 Å². The van der Waals surface area contributed by atoms with Crippen molar-refractivity contribution >= 4 is 0 Å². The van der Waals surface area contributed by atoms with Crippen molar-refractivity contribution in [3.8, 4) is 5.82 Å². The molecule has 0 amide bonds. The molecule has 0 aromatic carbocycles. The van der Waals surface area contributed by atoms with Gasteiger partial charge in [-0.05, 0) is 12.5 Å². The van der Waals surface area contributed by atoms with Crippen LogP contribution in [0.4, 0.5) is 35.1 Å². The first-order chi connectivity index (χ1) is 11.3. The van der Waals surface area contributed by atoms with Crippen LogP contribution in [-0.4, -0.2) is 25.7 Å². The summed E-state index contributed by atoms with van der Waals surface area (Å²) in [6.07, 6.45) is -9.55. The van der Waals surface area contributed by atoms with Gasteiger partial charge >= 0.3 is 18.3 Å². The Hall–Kier alpha value is -2.14. The Kier molecular flexibility index (Phi) is 5.55. The Bertz CT molecular complexity index is 723. The second-order valence-electron chi connectivity index (χ2n) is 4.70. The lowest BCUT2D eigenvalue weighted by Crippen LogP contribution is -2.36. The first kappa shape index (κ1) is 20.9. The third kappa shape index (κ3) is 3.76. The molecular weight excluding hydrogens is 364 g/mol. The first-order valence-electron chi connectivity index (χ1n) is 6.87. The molecule has 4 nitrogen and oxygen atoms in total. The molecule has 0 fully saturated rings. The molecule has 2 aromatic heterocycles. The van der Waals surface area contributed by atoms with E-state index in [4.69, 9.17) is 0 Å². The summed E-state index contributed by atoms with van der Waals surface area (Å²) in [4.78, 5) is 0. The Morgan fingerprint density at radius 1 is 0.960 bits per heavy atom. The zero-order valence-electron chi connectivity index (χ0n) is 13.5. The lowest BCUT2D eigenvalue weighted by molar-refractivity contribution is -0.292. The minimum absolute atomic E-state index is 0.282. The maximum Gasteiger partial charge on any atom is 0.459 e. The zero-order chi connectivity index (χ0) is 19.8. The second-order valence-corrected chi connectivity index (χ2v) is 4.70. The number of halogens is 8. The normalized spacial score (nSPS) is 12.8. The molecule has 0 radical (unpaired) electrons. The lowest BCUT2D eigenvalue weighted by Gasteiger charge is -2.19. The molecule has 0 aliphatic carbocycles. The van der Waals surface area contributed by atoms with E-state index >= 15 is 0 Å². The van der Waals surface area contributed by atoms with Gasteiger partial charge in [-0.25, -0.2) is 9.36 Å². The van der Waals surface area contributed by atoms with Gasteiger partial charge in [0.2, 0.25) is 0 Å². The third-order valence-electron chi connectivity index (χ3n) is 2.88. The molecule has 0 N–H and O–H groups in total. The fourth-order valence-corrected chi connectivity index (χ4v) is 1.92. The quantitative estimate of drug-likeness (QED) is 0.716. The van der Waals surface area contributed by atoms with E-state index in [1.807, 2.05) is 13.8 Å². The number of aryl methyl sites for hydroxylation is 2. The van der Waals surface area contributed by atoms with Crippen molar-refractivity contribution in [2.75, 3.05) is 0 Å². The number of hydrogen-bond donors (Lipinski definition) is 0. The average Bonchev–Trinajstić information content (AvgIpc) is 3.02. The van der Waals surface area contributed by atoms with E-state index in [1.54, 1.807) is 0 Å². The van der Waals surface area contributed by atoms with Crippen LogP contribution in [0, 0.1) is 6.92 Å². The van der Waals surface area contributed by atoms with Crippen LogP contribution in [0.1, 0.15) is 30.7 Å². The molecule has 142 valence electrons. The summed E-state index contributed by atoms with van der Waals surface area (Å²) in [5, 5.41) is 6.27. The Morgan fingerprint density at radius 3 is 1.84 bits per heavy atom. The van der Waals surface area contributed by atoms with Gasteiger partial charge in [-0.1, -0.05) is 13.8 Å². The summed E-state index contributed by atoms with van der Waals surface area (Å²) in [6.45, 7) is 5.46. The molecule has 0 saturated heterocycles. The molecular formula is C13H14F8N4. The predicted molar refractivity (Wildman–Crippen MR) is 71.4 cm³/mol. The molecule has 12 heteroatoms. The van der Waals surface area contributed by atoms with Gasteiger partial charge in [0.25, 0.3) is 0 Å². The van der Waals surface area contributed by atoms with E-state index in [-0.39, 0.29) is 4.68 Å². The van der Waals surface area contributed by atoms with Crippen molar-refractivity contribution in [2.24, 2.45) is 7.05 Å². The van der Waals surface area contributed by atoms with Crippen LogP contribution in [-0.2, 0) is 19.1 Å². The highest BCUT2D eigenvalue weighted by molar-refractivity contribution is 5.43. The topological polar surface area (TPSA) is 35.6 Å². The van der Waals surface area contributed by atoms with E-state index in [9.17, 15) is 35.1 Å². The van der Waals surface area contributed by atoms with E-state index in [0.29, 0.717) is 10.2 Å². The van der Waals surface area contributed by atoms with Crippen molar-refractivity contribution in [3.63, 3.8) is 0 Å². The van der Waals surface area contributed by atoms with Crippen LogP contribution in [0.2, 0.25) is 0 Å². The third-order valence-corrected chi connectivity index (χ3v) is 2.88. The van der Waals surface area contributed by atoms with Crippen molar-refractivity contribution in [2.45, 2.75) is 39.0 Å². The van der Waals surface area contributed by atoms with Crippen molar-refractivity contribution in [3.05, 3.63) is 29.2 Å². The maximum atomic E-state index is 13.4. The second kappa shape index (κ2) is 6.64. The summed E-state index contributed by atoms with van der Waals surface area (Å²) in [5.74, 6) is -6.81. The molecule has 0 saturated carbocycles. The van der Waals surface area contributed by atoms with Crippen molar-refractivity contribution in [1.82, 2.24) is 19.6 Å². The summed E-state index contributed by atoms with van der Waals surface area (Å²) in [5.41, 5.74) is -4.22. The minimum atomic E-state index is -6.22. The number of aromatic nitrogens is 4. The van der Waals surface area contributed by atoms with Gasteiger partial charge in [-0.2, -0.15) is 45.3 Å². The minimum Gasteiger partial charge on any atom is -0.250 e. The summed E-state index contributed by atoms with van der Waals surface area (Å²) in [6, 6.07) is 0. The standard InChI is InChI=1S/C11H8F8N4.C2H6/c1-5-3-20-23(4-5)8-6(10(14,15)16)7(21-22(8)2)9(12,13)11(17,18)19;1-2/h3-4H,1-2H3;1-2H3. The summed E-state index contributed by atoms with van der Waals surface area (Å²) >= 11 is 0. The van der Waals surface area contributed by atoms with Crippen molar-refractivity contribution < 1.29 is 35.1 Å². The number of hydrogen-bond acceptors (Lipinski definition) is 2. The van der Waals surface area contributed by atoms with Gasteiger partial charge in [0.15, 0.2) is 11.5 Å². The number of alkyl halides is 8. The van der Waals surface area contributed by atoms with Gasteiger partial charge in [0.05, 0.1) is 6.20 Å². The zero-order valence-corrected chi connectivity index (χ0v) is 13.5. The lowest BCUT2D eigenvalue weighted by atomic mass is 10.1. The maximum absolute atomic E-state index is 13.4. The first-order valence-corrected chi connectivity index (χ1v) is 6.87. The Labute approximate surface area is 137 Å². The summed E-state index contributed by atoms with van der Waals surface area (Å²) < 4.78 is 104. The molecule has 0 atom stereocenters. The summed E-state index contributed by atoms with van der Waals surface area (Å²) in [7, 11) is 0.817. The van der Waals surface area contributed by atoms with Gasteiger partial charge in [0.1, 0.15) is 5.56 Å². The van der Waals surface area contributed by atoms with Gasteiger partial charge in [-0.3, -0.25) is 0 Å². The highest BCUT2D eigenvalue weighted by Crippen LogP contribution is 2.49. The molecule has 0 aliphatic heterocycles. The molecule has 25 heavy (non-hydrogen) atoms. The van der Waals surface area contributed by atoms with Crippen molar-refractivity contribution in [1.29, 1.82) is 0 Å². The monoisotopic (exact) mass is 378 g/mol. The Morgan fingerprint density at radius 2 is 1.48 bits per heavy atom. The Balaban J connectivity index is 0.00000151. The van der Waals surface area contributed by atoms with E-state index < -0.39 is 35.4 Å². The molecule has 2 rings (SSSR count). The van der Waals surface area contributed by atoms with Gasteiger partial charge in [-0.15, -0.1) is 0 Å². The SMILES string of the molecule is CC.Cc1cnn(-c2c(C(F)(F)F)c(C(F)(F)C(F)(F)F)nn2C)c1. The van der Waals surface area contributed by atoms with Crippen LogP contribution in [0.15, 0.2) is 12.4 Å². The highest BCUT2D eigenvalue weighted by Gasteiger charge is 2.64. The number of nitrogens with zero attached hydrogens (tertiary/aromatic N) is 4. The van der Waals surface area contributed by atoms with Crippen LogP contribution >= 0.6 is 0 Å². The molecule has 2 heterocycles. The fraction of sp³-hybridized carbons (Fsp3) is 0.538. The van der Waals surface area contributed by atoms with E-state index in [2.05, 4.69) is 10.2 Å². The average molecular weight is 378 g/mol. The van der Waals surface area contributed by atoms with E-state index in [1.165, 1.54) is 6.92 Å². The molecule has 0 spiro atoms. The molecule has 0 unspecified atom stereocenters. The van der Waals surface area contributed by atoms with Crippen LogP contribution in [0.5, 0.6) is 0 Å². The van der Waals surface area contributed by atoms with Gasteiger partial charge in [0, 0.05) is 13.2 Å². The largest absolute Gasteiger partial charge is 0.459 e. The van der Waals surface area contributed by atoms with Crippen LogP contribution in [0.25, 0.3) is 5.82 Å². The molecule has 0 bridgehead atoms.